The van der Waals surface area contributed by atoms with Gasteiger partial charge in [0.15, 0.2) is 0 Å². The van der Waals surface area contributed by atoms with Crippen LogP contribution in [0.4, 0.5) is 0 Å². The van der Waals surface area contributed by atoms with E-state index >= 15 is 0 Å². The zero-order valence-electron chi connectivity index (χ0n) is 10.4. The average molecular weight is 242 g/mol. The van der Waals surface area contributed by atoms with Gasteiger partial charge in [-0.2, -0.15) is 0 Å². The van der Waals surface area contributed by atoms with Gasteiger partial charge in [-0.15, -0.1) is 0 Å². The van der Waals surface area contributed by atoms with E-state index in [2.05, 4.69) is 18.2 Å². The Morgan fingerprint density at radius 3 is 2.56 bits per heavy atom. The fourth-order valence-corrected chi connectivity index (χ4v) is 2.71. The average Bonchev–Trinajstić information content (AvgIpc) is 2.84. The first-order chi connectivity index (χ1) is 8.77. The lowest BCUT2D eigenvalue weighted by Gasteiger charge is -2.22. The molecule has 3 rings (SSSR count). The van der Waals surface area contributed by atoms with Gasteiger partial charge in [0.05, 0.1) is 5.60 Å². The fraction of sp³-hybridized carbons (Fsp3) is 0.375. The van der Waals surface area contributed by atoms with E-state index in [-0.39, 0.29) is 0 Å². The summed E-state index contributed by atoms with van der Waals surface area (Å²) in [5.41, 5.74) is -0.614. The molecule has 1 aliphatic carbocycles. The second-order valence-electron chi connectivity index (χ2n) is 5.20. The zero-order chi connectivity index (χ0) is 12.4. The Kier molecular flexibility index (Phi) is 2.96. The molecule has 0 heterocycles. The summed E-state index contributed by atoms with van der Waals surface area (Å²) in [5, 5.41) is 12.6. The molecule has 0 aliphatic heterocycles. The predicted molar refractivity (Wildman–Crippen MR) is 72.9 cm³/mol. The van der Waals surface area contributed by atoms with E-state index in [1.165, 1.54) is 5.39 Å². The summed E-state index contributed by atoms with van der Waals surface area (Å²) in [6, 6.07) is 14.2. The van der Waals surface area contributed by atoms with Crippen LogP contribution in [0.1, 0.15) is 25.7 Å². The van der Waals surface area contributed by atoms with Crippen molar-refractivity contribution in [2.75, 3.05) is 6.61 Å². The summed E-state index contributed by atoms with van der Waals surface area (Å²) in [6.45, 7) is 0.404. The molecule has 0 saturated heterocycles. The van der Waals surface area contributed by atoms with Crippen molar-refractivity contribution in [3.05, 3.63) is 42.5 Å². The van der Waals surface area contributed by atoms with Crippen LogP contribution in [0.2, 0.25) is 0 Å². The zero-order valence-corrected chi connectivity index (χ0v) is 10.4. The quantitative estimate of drug-likeness (QED) is 0.892. The molecule has 2 aromatic rings. The van der Waals surface area contributed by atoms with E-state index in [9.17, 15) is 5.11 Å². The van der Waals surface area contributed by atoms with E-state index in [1.54, 1.807) is 0 Å². The molecule has 94 valence electrons. The lowest BCUT2D eigenvalue weighted by molar-refractivity contribution is 0.00188. The predicted octanol–water partition coefficient (Wildman–Crippen LogP) is 3.52. The van der Waals surface area contributed by atoms with Gasteiger partial charge < -0.3 is 9.84 Å². The van der Waals surface area contributed by atoms with Gasteiger partial charge in [-0.1, -0.05) is 49.2 Å². The van der Waals surface area contributed by atoms with Gasteiger partial charge in [0, 0.05) is 5.39 Å². The molecule has 0 atom stereocenters. The number of benzene rings is 2. The Labute approximate surface area is 107 Å². The Morgan fingerprint density at radius 2 is 1.72 bits per heavy atom. The van der Waals surface area contributed by atoms with E-state index in [4.69, 9.17) is 4.74 Å². The molecule has 0 bridgehead atoms. The Bertz CT molecular complexity index is 536. The highest BCUT2D eigenvalue weighted by molar-refractivity contribution is 5.88. The monoisotopic (exact) mass is 242 g/mol. The van der Waals surface area contributed by atoms with Crippen LogP contribution >= 0.6 is 0 Å². The van der Waals surface area contributed by atoms with E-state index in [1.807, 2.05) is 24.3 Å². The Hall–Kier alpha value is -1.54. The molecule has 0 radical (unpaired) electrons. The highest BCUT2D eigenvalue weighted by Crippen LogP contribution is 2.31. The van der Waals surface area contributed by atoms with Crippen LogP contribution in [0.5, 0.6) is 5.75 Å². The normalized spacial score (nSPS) is 18.1. The lowest BCUT2D eigenvalue weighted by Crippen LogP contribution is -2.32. The summed E-state index contributed by atoms with van der Waals surface area (Å²) in [5.74, 6) is 0.869. The molecular formula is C16H18O2. The van der Waals surface area contributed by atoms with Crippen LogP contribution in [-0.2, 0) is 0 Å². The summed E-state index contributed by atoms with van der Waals surface area (Å²) in [7, 11) is 0. The second-order valence-corrected chi connectivity index (χ2v) is 5.20. The molecule has 2 nitrogen and oxygen atoms in total. The van der Waals surface area contributed by atoms with Gasteiger partial charge in [0.1, 0.15) is 12.4 Å². The van der Waals surface area contributed by atoms with Gasteiger partial charge in [0.2, 0.25) is 0 Å². The van der Waals surface area contributed by atoms with Crippen LogP contribution in [0.25, 0.3) is 10.8 Å². The third-order valence-electron chi connectivity index (χ3n) is 3.78. The van der Waals surface area contributed by atoms with Crippen LogP contribution in [0, 0.1) is 0 Å². The minimum absolute atomic E-state index is 0.404. The molecule has 2 heteroatoms. The number of aliphatic hydroxyl groups is 1. The van der Waals surface area contributed by atoms with Crippen LogP contribution in [0.3, 0.4) is 0 Å². The molecule has 0 aromatic heterocycles. The van der Waals surface area contributed by atoms with E-state index in [0.717, 1.165) is 36.8 Å². The highest BCUT2D eigenvalue weighted by atomic mass is 16.5. The van der Waals surface area contributed by atoms with Gasteiger partial charge in [-0.25, -0.2) is 0 Å². The van der Waals surface area contributed by atoms with Gasteiger partial charge >= 0.3 is 0 Å². The van der Waals surface area contributed by atoms with E-state index < -0.39 is 5.60 Å². The molecule has 18 heavy (non-hydrogen) atoms. The first-order valence-corrected chi connectivity index (χ1v) is 6.60. The highest BCUT2D eigenvalue weighted by Gasteiger charge is 2.31. The van der Waals surface area contributed by atoms with E-state index in [0.29, 0.717) is 6.61 Å². The van der Waals surface area contributed by atoms with Crippen LogP contribution < -0.4 is 4.74 Å². The van der Waals surface area contributed by atoms with Crippen molar-refractivity contribution in [2.24, 2.45) is 0 Å². The fourth-order valence-electron chi connectivity index (χ4n) is 2.71. The molecule has 0 unspecified atom stereocenters. The van der Waals surface area contributed by atoms with Crippen molar-refractivity contribution in [3.63, 3.8) is 0 Å². The van der Waals surface area contributed by atoms with Crippen molar-refractivity contribution < 1.29 is 9.84 Å². The minimum Gasteiger partial charge on any atom is -0.490 e. The molecule has 0 amide bonds. The number of ether oxygens (including phenoxy) is 1. The van der Waals surface area contributed by atoms with Crippen LogP contribution in [-0.4, -0.2) is 17.3 Å². The first-order valence-electron chi connectivity index (χ1n) is 6.60. The maximum absolute atomic E-state index is 10.3. The third-order valence-corrected chi connectivity index (χ3v) is 3.78. The Balaban J connectivity index is 1.82. The smallest absolute Gasteiger partial charge is 0.127 e. The molecule has 1 saturated carbocycles. The van der Waals surface area contributed by atoms with Gasteiger partial charge in [-0.05, 0) is 24.3 Å². The Morgan fingerprint density at radius 1 is 1.00 bits per heavy atom. The molecule has 2 aromatic carbocycles. The second kappa shape index (κ2) is 4.62. The van der Waals surface area contributed by atoms with Crippen molar-refractivity contribution in [1.82, 2.24) is 0 Å². The van der Waals surface area contributed by atoms with Crippen molar-refractivity contribution in [3.8, 4) is 5.75 Å². The first kappa shape index (κ1) is 11.5. The standard InChI is InChI=1S/C16H18O2/c17-16(10-3-4-11-16)12-18-15-9-5-7-13-6-1-2-8-14(13)15/h1-2,5-9,17H,3-4,10-12H2. The minimum atomic E-state index is -0.614. The molecule has 1 N–H and O–H groups in total. The molecule has 1 aliphatic rings. The van der Waals surface area contributed by atoms with Crippen molar-refractivity contribution in [1.29, 1.82) is 0 Å². The largest absolute Gasteiger partial charge is 0.490 e. The molecular weight excluding hydrogens is 224 g/mol. The number of fused-ring (bicyclic) bond motifs is 1. The van der Waals surface area contributed by atoms with Gasteiger partial charge in [-0.3, -0.25) is 0 Å². The summed E-state index contributed by atoms with van der Waals surface area (Å²) < 4.78 is 5.86. The summed E-state index contributed by atoms with van der Waals surface area (Å²) in [4.78, 5) is 0. The third kappa shape index (κ3) is 2.21. The summed E-state index contributed by atoms with van der Waals surface area (Å²) in [6.07, 6.45) is 3.93. The molecule has 1 fully saturated rings. The van der Waals surface area contributed by atoms with Crippen molar-refractivity contribution >= 4 is 10.8 Å². The van der Waals surface area contributed by atoms with Crippen LogP contribution in [0.15, 0.2) is 42.5 Å². The number of rotatable bonds is 3. The topological polar surface area (TPSA) is 29.5 Å². The summed E-state index contributed by atoms with van der Waals surface area (Å²) >= 11 is 0. The number of hydrogen-bond acceptors (Lipinski definition) is 2. The SMILES string of the molecule is OC1(COc2cccc3ccccc23)CCCC1. The lowest BCUT2D eigenvalue weighted by atomic mass is 10.0. The van der Waals surface area contributed by atoms with Crippen molar-refractivity contribution in [2.45, 2.75) is 31.3 Å². The van der Waals surface area contributed by atoms with Gasteiger partial charge in [0.25, 0.3) is 0 Å². The number of hydrogen-bond donors (Lipinski definition) is 1. The molecule has 0 spiro atoms. The maximum Gasteiger partial charge on any atom is 0.127 e. The maximum atomic E-state index is 10.3.